The van der Waals surface area contributed by atoms with E-state index in [-0.39, 0.29) is 22.9 Å². The van der Waals surface area contributed by atoms with E-state index in [9.17, 15) is 9.18 Å². The molecule has 92 valence electrons. The summed E-state index contributed by atoms with van der Waals surface area (Å²) in [6.45, 7) is 0.819. The molecule has 0 saturated heterocycles. The van der Waals surface area contributed by atoms with Crippen LogP contribution in [0.25, 0.3) is 0 Å². The molecule has 1 aromatic rings. The highest BCUT2D eigenvalue weighted by Crippen LogP contribution is 2.28. The highest BCUT2D eigenvalue weighted by Gasteiger charge is 2.28. The van der Waals surface area contributed by atoms with Gasteiger partial charge in [-0.05, 0) is 24.4 Å². The lowest BCUT2D eigenvalue weighted by molar-refractivity contribution is -0.122. The minimum Gasteiger partial charge on any atom is -0.366 e. The maximum absolute atomic E-state index is 13.2. The SMILES string of the molecule is O=C(NCCNc1nc(Cl)ncc1F)C1CC1. The molecule has 0 aliphatic heterocycles. The molecule has 1 fully saturated rings. The zero-order valence-corrected chi connectivity index (χ0v) is 9.80. The van der Waals surface area contributed by atoms with E-state index >= 15 is 0 Å². The number of rotatable bonds is 5. The van der Waals surface area contributed by atoms with E-state index in [4.69, 9.17) is 11.6 Å². The van der Waals surface area contributed by atoms with Crippen LogP contribution in [-0.2, 0) is 4.79 Å². The number of hydrogen-bond donors (Lipinski definition) is 2. The monoisotopic (exact) mass is 258 g/mol. The van der Waals surface area contributed by atoms with Crippen LogP contribution >= 0.6 is 11.6 Å². The Morgan fingerprint density at radius 2 is 2.29 bits per heavy atom. The van der Waals surface area contributed by atoms with Crippen LogP contribution in [0.5, 0.6) is 0 Å². The van der Waals surface area contributed by atoms with Gasteiger partial charge in [0.15, 0.2) is 11.6 Å². The van der Waals surface area contributed by atoms with E-state index in [2.05, 4.69) is 20.6 Å². The Kier molecular flexibility index (Phi) is 3.73. The standard InChI is InChI=1S/C10H12ClFN4O/c11-10-15-5-7(12)8(16-10)13-3-4-14-9(17)6-1-2-6/h5-6H,1-4H2,(H,14,17)(H,13,15,16). The first-order valence-electron chi connectivity index (χ1n) is 5.36. The molecule has 1 aliphatic carbocycles. The maximum atomic E-state index is 13.2. The van der Waals surface area contributed by atoms with Crippen molar-refractivity contribution in [1.82, 2.24) is 15.3 Å². The van der Waals surface area contributed by atoms with Gasteiger partial charge in [-0.3, -0.25) is 4.79 Å². The number of hydrogen-bond acceptors (Lipinski definition) is 4. The van der Waals surface area contributed by atoms with Crippen LogP contribution in [0.4, 0.5) is 10.2 Å². The topological polar surface area (TPSA) is 66.9 Å². The van der Waals surface area contributed by atoms with Crippen LogP contribution in [0.2, 0.25) is 5.28 Å². The lowest BCUT2D eigenvalue weighted by Crippen LogP contribution is -2.30. The fraction of sp³-hybridized carbons (Fsp3) is 0.500. The summed E-state index contributed by atoms with van der Waals surface area (Å²) in [5.41, 5.74) is 0. The minimum absolute atomic E-state index is 0.0177. The molecule has 1 aromatic heterocycles. The molecule has 7 heteroatoms. The van der Waals surface area contributed by atoms with Crippen molar-refractivity contribution in [2.24, 2.45) is 5.92 Å². The van der Waals surface area contributed by atoms with Gasteiger partial charge in [0.2, 0.25) is 11.2 Å². The predicted molar refractivity (Wildman–Crippen MR) is 61.2 cm³/mol. The second-order valence-electron chi connectivity index (χ2n) is 3.83. The van der Waals surface area contributed by atoms with Gasteiger partial charge in [0.05, 0.1) is 6.20 Å². The third kappa shape index (κ3) is 3.52. The lowest BCUT2D eigenvalue weighted by Gasteiger charge is -2.07. The molecule has 0 aromatic carbocycles. The van der Waals surface area contributed by atoms with Gasteiger partial charge in [0.1, 0.15) is 0 Å². The maximum Gasteiger partial charge on any atom is 0.224 e. The normalized spacial score (nSPS) is 14.5. The van der Waals surface area contributed by atoms with Crippen LogP contribution in [0.15, 0.2) is 6.20 Å². The van der Waals surface area contributed by atoms with Gasteiger partial charge < -0.3 is 10.6 Å². The van der Waals surface area contributed by atoms with Gasteiger partial charge in [-0.15, -0.1) is 0 Å². The van der Waals surface area contributed by atoms with Crippen molar-refractivity contribution < 1.29 is 9.18 Å². The number of carbonyl (C=O) groups is 1. The molecule has 0 spiro atoms. The lowest BCUT2D eigenvalue weighted by atomic mass is 10.4. The summed E-state index contributed by atoms with van der Waals surface area (Å²) in [4.78, 5) is 18.5. The van der Waals surface area contributed by atoms with E-state index < -0.39 is 5.82 Å². The molecule has 2 N–H and O–H groups in total. The van der Waals surface area contributed by atoms with Gasteiger partial charge in [0.25, 0.3) is 0 Å². The molecular weight excluding hydrogens is 247 g/mol. The molecule has 0 atom stereocenters. The summed E-state index contributed by atoms with van der Waals surface area (Å²) in [5, 5.41) is 5.47. The Morgan fingerprint density at radius 3 is 3.00 bits per heavy atom. The minimum atomic E-state index is -0.567. The summed E-state index contributed by atoms with van der Waals surface area (Å²) in [5.74, 6) is -0.276. The zero-order chi connectivity index (χ0) is 12.3. The van der Waals surface area contributed by atoms with Crippen molar-refractivity contribution in [3.05, 3.63) is 17.3 Å². The molecule has 5 nitrogen and oxygen atoms in total. The molecular formula is C10H12ClFN4O. The van der Waals surface area contributed by atoms with Crippen molar-refractivity contribution >= 4 is 23.3 Å². The summed E-state index contributed by atoms with van der Waals surface area (Å²) in [7, 11) is 0. The Labute approximate surface area is 103 Å². The number of nitrogens with one attached hydrogen (secondary N) is 2. The van der Waals surface area contributed by atoms with E-state index in [0.29, 0.717) is 13.1 Å². The zero-order valence-electron chi connectivity index (χ0n) is 9.04. The van der Waals surface area contributed by atoms with Gasteiger partial charge in [-0.2, -0.15) is 4.98 Å². The molecule has 17 heavy (non-hydrogen) atoms. The largest absolute Gasteiger partial charge is 0.366 e. The number of amides is 1. The fourth-order valence-corrected chi connectivity index (χ4v) is 1.46. The van der Waals surface area contributed by atoms with Crippen molar-refractivity contribution in [2.45, 2.75) is 12.8 Å². The molecule has 0 unspecified atom stereocenters. The van der Waals surface area contributed by atoms with Crippen LogP contribution in [0, 0.1) is 11.7 Å². The molecule has 1 amide bonds. The second kappa shape index (κ2) is 5.27. The van der Waals surface area contributed by atoms with Gasteiger partial charge in [-0.1, -0.05) is 0 Å². The van der Waals surface area contributed by atoms with Crippen molar-refractivity contribution in [1.29, 1.82) is 0 Å². The van der Waals surface area contributed by atoms with Crippen molar-refractivity contribution in [2.75, 3.05) is 18.4 Å². The highest BCUT2D eigenvalue weighted by molar-refractivity contribution is 6.28. The summed E-state index contributed by atoms with van der Waals surface area (Å²) < 4.78 is 13.2. The molecule has 1 saturated carbocycles. The number of anilines is 1. The van der Waals surface area contributed by atoms with E-state index in [0.717, 1.165) is 19.0 Å². The average Bonchev–Trinajstić information content (AvgIpc) is 3.12. The van der Waals surface area contributed by atoms with Gasteiger partial charge in [0, 0.05) is 19.0 Å². The van der Waals surface area contributed by atoms with Gasteiger partial charge in [-0.25, -0.2) is 9.37 Å². The Balaban J connectivity index is 1.73. The fourth-order valence-electron chi connectivity index (χ4n) is 1.33. The summed E-state index contributed by atoms with van der Waals surface area (Å²) in [6.07, 6.45) is 2.94. The van der Waals surface area contributed by atoms with E-state index in [1.54, 1.807) is 0 Å². The average molecular weight is 259 g/mol. The van der Waals surface area contributed by atoms with Gasteiger partial charge >= 0.3 is 0 Å². The third-order valence-corrected chi connectivity index (χ3v) is 2.56. The first-order valence-corrected chi connectivity index (χ1v) is 5.74. The molecule has 2 rings (SSSR count). The first-order chi connectivity index (χ1) is 8.16. The van der Waals surface area contributed by atoms with Crippen LogP contribution in [0.3, 0.4) is 0 Å². The Hall–Kier alpha value is -1.43. The summed E-state index contributed by atoms with van der Waals surface area (Å²) in [6, 6.07) is 0. The van der Waals surface area contributed by atoms with Crippen molar-refractivity contribution in [3.8, 4) is 0 Å². The molecule has 1 heterocycles. The number of aromatic nitrogens is 2. The van der Waals surface area contributed by atoms with Crippen LogP contribution < -0.4 is 10.6 Å². The highest BCUT2D eigenvalue weighted by atomic mass is 35.5. The number of halogens is 2. The van der Waals surface area contributed by atoms with Crippen LogP contribution in [0.1, 0.15) is 12.8 Å². The van der Waals surface area contributed by atoms with Crippen molar-refractivity contribution in [3.63, 3.8) is 0 Å². The number of carbonyl (C=O) groups excluding carboxylic acids is 1. The smallest absolute Gasteiger partial charge is 0.224 e. The Morgan fingerprint density at radius 1 is 1.53 bits per heavy atom. The second-order valence-corrected chi connectivity index (χ2v) is 4.17. The summed E-state index contributed by atoms with van der Waals surface area (Å²) >= 11 is 5.53. The predicted octanol–water partition coefficient (Wildman–Crippen LogP) is 1.21. The van der Waals surface area contributed by atoms with Crippen LogP contribution in [-0.4, -0.2) is 29.0 Å². The quantitative estimate of drug-likeness (QED) is 0.615. The Bertz CT molecular complexity index is 425. The molecule has 0 bridgehead atoms. The van der Waals surface area contributed by atoms with E-state index in [1.165, 1.54) is 0 Å². The third-order valence-electron chi connectivity index (χ3n) is 2.38. The molecule has 1 aliphatic rings. The molecule has 0 radical (unpaired) electrons. The first kappa shape index (κ1) is 12.0. The number of nitrogens with zero attached hydrogens (tertiary/aromatic N) is 2. The van der Waals surface area contributed by atoms with E-state index in [1.807, 2.05) is 0 Å².